The number of methoxy groups -OCH3 is 2. The number of hydrazine groups is 2. The van der Waals surface area contributed by atoms with Crippen molar-refractivity contribution in [2.45, 2.75) is 12.1 Å². The van der Waals surface area contributed by atoms with Crippen LogP contribution in [-0.2, 0) is 14.3 Å². The molecule has 0 aromatic heterocycles. The highest BCUT2D eigenvalue weighted by Crippen LogP contribution is 2.15. The van der Waals surface area contributed by atoms with Crippen LogP contribution in [0.2, 0.25) is 0 Å². The van der Waals surface area contributed by atoms with E-state index < -0.39 is 0 Å². The normalized spacial score (nSPS) is 24.4. The van der Waals surface area contributed by atoms with E-state index in [0.29, 0.717) is 31.9 Å². The summed E-state index contributed by atoms with van der Waals surface area (Å²) in [6.07, 6.45) is 5.78. The average Bonchev–Trinajstić information content (AvgIpc) is 2.94. The summed E-state index contributed by atoms with van der Waals surface area (Å²) >= 11 is 0. The number of nitrogens with one attached hydrogen (secondary N) is 3. The second-order valence-electron chi connectivity index (χ2n) is 4.72. The van der Waals surface area contributed by atoms with Gasteiger partial charge in [0.25, 0.3) is 5.91 Å². The fraction of sp³-hybridized carbons (Fsp3) is 0.615. The van der Waals surface area contributed by atoms with Gasteiger partial charge >= 0.3 is 0 Å². The molecule has 0 saturated carbocycles. The Morgan fingerprint density at radius 1 is 1.20 bits per heavy atom. The van der Waals surface area contributed by atoms with E-state index in [9.17, 15) is 4.79 Å². The SMILES string of the molecule is COCCN(CCOC)C(=O)C1=CC2NNNC2C=C1. The van der Waals surface area contributed by atoms with Crippen LogP contribution in [-0.4, -0.2) is 63.4 Å². The minimum absolute atomic E-state index is 0.00231. The summed E-state index contributed by atoms with van der Waals surface area (Å²) in [6.45, 7) is 2.14. The van der Waals surface area contributed by atoms with Crippen LogP contribution in [0.15, 0.2) is 23.8 Å². The molecule has 0 bridgehead atoms. The lowest BCUT2D eigenvalue weighted by atomic mass is 9.98. The average molecular weight is 282 g/mol. The smallest absolute Gasteiger partial charge is 0.253 e. The monoisotopic (exact) mass is 282 g/mol. The van der Waals surface area contributed by atoms with Gasteiger partial charge in [-0.2, -0.15) is 5.53 Å². The van der Waals surface area contributed by atoms with Gasteiger partial charge in [0, 0.05) is 32.9 Å². The number of fused-ring (bicyclic) bond motifs is 1. The number of carbonyl (C=O) groups is 1. The van der Waals surface area contributed by atoms with Crippen molar-refractivity contribution >= 4 is 5.91 Å². The van der Waals surface area contributed by atoms with Crippen molar-refractivity contribution in [2.24, 2.45) is 0 Å². The summed E-state index contributed by atoms with van der Waals surface area (Å²) in [4.78, 5) is 14.3. The van der Waals surface area contributed by atoms with Gasteiger partial charge in [0.05, 0.1) is 25.3 Å². The molecular weight excluding hydrogens is 260 g/mol. The molecule has 1 aliphatic carbocycles. The zero-order valence-electron chi connectivity index (χ0n) is 11.9. The van der Waals surface area contributed by atoms with Crippen LogP contribution in [0.4, 0.5) is 0 Å². The van der Waals surface area contributed by atoms with E-state index in [4.69, 9.17) is 9.47 Å². The van der Waals surface area contributed by atoms with Crippen LogP contribution in [0.3, 0.4) is 0 Å². The van der Waals surface area contributed by atoms with Gasteiger partial charge in [-0.05, 0) is 0 Å². The third-order valence-electron chi connectivity index (χ3n) is 3.37. The predicted octanol–water partition coefficient (Wildman–Crippen LogP) is -1.05. The number of hydrogen-bond donors (Lipinski definition) is 3. The maximum Gasteiger partial charge on any atom is 0.253 e. The van der Waals surface area contributed by atoms with Gasteiger partial charge in [-0.25, -0.2) is 10.9 Å². The molecule has 1 amide bonds. The van der Waals surface area contributed by atoms with Gasteiger partial charge in [0.2, 0.25) is 0 Å². The molecule has 1 fully saturated rings. The number of carbonyl (C=O) groups excluding carboxylic acids is 1. The molecule has 1 heterocycles. The highest BCUT2D eigenvalue weighted by Gasteiger charge is 2.28. The molecule has 2 atom stereocenters. The van der Waals surface area contributed by atoms with Gasteiger partial charge in [0.15, 0.2) is 0 Å². The van der Waals surface area contributed by atoms with Crippen molar-refractivity contribution in [3.8, 4) is 0 Å². The maximum absolute atomic E-state index is 12.5. The lowest BCUT2D eigenvalue weighted by Crippen LogP contribution is -2.39. The van der Waals surface area contributed by atoms with Gasteiger partial charge in [-0.15, -0.1) is 0 Å². The van der Waals surface area contributed by atoms with Crippen LogP contribution in [0.1, 0.15) is 0 Å². The molecule has 0 spiro atoms. The highest BCUT2D eigenvalue weighted by atomic mass is 16.5. The summed E-state index contributed by atoms with van der Waals surface area (Å²) < 4.78 is 10.1. The van der Waals surface area contributed by atoms with Crippen molar-refractivity contribution in [1.82, 2.24) is 21.3 Å². The lowest BCUT2D eigenvalue weighted by molar-refractivity contribution is -0.128. The molecule has 3 N–H and O–H groups in total. The first kappa shape index (κ1) is 15.1. The Balaban J connectivity index is 2.00. The number of ether oxygens (including phenoxy) is 2. The van der Waals surface area contributed by atoms with Crippen LogP contribution in [0.25, 0.3) is 0 Å². The van der Waals surface area contributed by atoms with E-state index in [0.717, 1.165) is 0 Å². The number of nitrogens with zero attached hydrogens (tertiary/aromatic N) is 1. The quantitative estimate of drug-likeness (QED) is 0.553. The van der Waals surface area contributed by atoms with Crippen LogP contribution in [0.5, 0.6) is 0 Å². The van der Waals surface area contributed by atoms with Crippen LogP contribution >= 0.6 is 0 Å². The molecular formula is C13H22N4O3. The molecule has 7 nitrogen and oxygen atoms in total. The first-order valence-electron chi connectivity index (χ1n) is 6.69. The predicted molar refractivity (Wildman–Crippen MR) is 74.5 cm³/mol. The summed E-state index contributed by atoms with van der Waals surface area (Å²) in [5.74, 6) is 0.00231. The second-order valence-corrected chi connectivity index (χ2v) is 4.72. The van der Waals surface area contributed by atoms with Gasteiger partial charge in [-0.1, -0.05) is 18.2 Å². The van der Waals surface area contributed by atoms with Crippen LogP contribution in [0, 0.1) is 0 Å². The Kier molecular flexibility index (Phi) is 5.69. The summed E-state index contributed by atoms with van der Waals surface area (Å²) in [7, 11) is 3.26. The van der Waals surface area contributed by atoms with E-state index >= 15 is 0 Å². The van der Waals surface area contributed by atoms with E-state index in [1.54, 1.807) is 19.1 Å². The first-order valence-corrected chi connectivity index (χ1v) is 6.69. The molecule has 2 unspecified atom stereocenters. The minimum atomic E-state index is 0.00231. The highest BCUT2D eigenvalue weighted by molar-refractivity contribution is 5.96. The number of rotatable bonds is 7. The molecule has 1 aliphatic heterocycles. The molecule has 0 aromatic rings. The third-order valence-corrected chi connectivity index (χ3v) is 3.37. The largest absolute Gasteiger partial charge is 0.383 e. The molecule has 112 valence electrons. The van der Waals surface area contributed by atoms with E-state index in [2.05, 4.69) is 16.4 Å². The van der Waals surface area contributed by atoms with Crippen molar-refractivity contribution in [1.29, 1.82) is 0 Å². The standard InChI is InChI=1S/C13H22N4O3/c1-19-7-5-17(6-8-20-2)13(18)10-3-4-11-12(9-10)15-16-14-11/h3-4,9,11-12,14-16H,5-8H2,1-2H3. The second kappa shape index (κ2) is 7.51. The summed E-state index contributed by atoms with van der Waals surface area (Å²) in [5, 5.41) is 0. The Hall–Kier alpha value is -1.25. The summed E-state index contributed by atoms with van der Waals surface area (Å²) in [5.41, 5.74) is 9.67. The van der Waals surface area contributed by atoms with Gasteiger partial charge in [-0.3, -0.25) is 4.79 Å². The number of hydrogen-bond acceptors (Lipinski definition) is 6. The Labute approximate surface area is 118 Å². The molecule has 2 aliphatic rings. The topological polar surface area (TPSA) is 74.9 Å². The van der Waals surface area contributed by atoms with Crippen LogP contribution < -0.4 is 16.4 Å². The fourth-order valence-electron chi connectivity index (χ4n) is 2.20. The molecule has 7 heteroatoms. The zero-order valence-corrected chi connectivity index (χ0v) is 11.9. The summed E-state index contributed by atoms with van der Waals surface area (Å²) in [6, 6.07) is 0.267. The van der Waals surface area contributed by atoms with Gasteiger partial charge < -0.3 is 14.4 Å². The van der Waals surface area contributed by atoms with E-state index in [1.807, 2.05) is 18.2 Å². The van der Waals surface area contributed by atoms with Crippen molar-refractivity contribution in [3.63, 3.8) is 0 Å². The Morgan fingerprint density at radius 3 is 2.50 bits per heavy atom. The van der Waals surface area contributed by atoms with E-state index in [-0.39, 0.29) is 18.0 Å². The van der Waals surface area contributed by atoms with E-state index in [1.165, 1.54) is 0 Å². The molecule has 0 radical (unpaired) electrons. The lowest BCUT2D eigenvalue weighted by Gasteiger charge is -2.25. The van der Waals surface area contributed by atoms with Crippen molar-refractivity contribution in [2.75, 3.05) is 40.5 Å². The zero-order chi connectivity index (χ0) is 14.4. The number of amides is 1. The maximum atomic E-state index is 12.5. The molecule has 1 saturated heterocycles. The minimum Gasteiger partial charge on any atom is -0.383 e. The Morgan fingerprint density at radius 2 is 1.85 bits per heavy atom. The first-order chi connectivity index (χ1) is 9.76. The van der Waals surface area contributed by atoms with Gasteiger partial charge in [0.1, 0.15) is 0 Å². The third kappa shape index (κ3) is 3.65. The molecule has 20 heavy (non-hydrogen) atoms. The van der Waals surface area contributed by atoms with Crippen molar-refractivity contribution < 1.29 is 14.3 Å². The fourth-order valence-corrected chi connectivity index (χ4v) is 2.20. The molecule has 0 aromatic carbocycles. The van der Waals surface area contributed by atoms with Crippen molar-refractivity contribution in [3.05, 3.63) is 23.8 Å². The molecule has 2 rings (SSSR count). The Bertz CT molecular complexity index is 389.